The predicted octanol–water partition coefficient (Wildman–Crippen LogP) is 1.45. The van der Waals surface area contributed by atoms with E-state index in [9.17, 15) is 13.2 Å². The number of hydrogen-bond donors (Lipinski definition) is 1. The molecule has 0 aliphatic heterocycles. The first-order valence-corrected chi connectivity index (χ1v) is 9.95. The topological polar surface area (TPSA) is 106 Å². The summed E-state index contributed by atoms with van der Waals surface area (Å²) in [5, 5.41) is 10.6. The van der Waals surface area contributed by atoms with E-state index in [4.69, 9.17) is 4.84 Å². The molecular weight excluding hydrogens is 382 g/mol. The average molecular weight is 403 g/mol. The molecule has 0 aliphatic rings. The Morgan fingerprint density at radius 1 is 1.21 bits per heavy atom. The Morgan fingerprint density at radius 3 is 2.64 bits per heavy atom. The van der Waals surface area contributed by atoms with Gasteiger partial charge in [0.15, 0.2) is 0 Å². The molecule has 148 valence electrons. The van der Waals surface area contributed by atoms with E-state index in [1.165, 1.54) is 32.3 Å². The van der Waals surface area contributed by atoms with Crippen LogP contribution in [0.1, 0.15) is 12.5 Å². The molecule has 1 heterocycles. The van der Waals surface area contributed by atoms with Crippen LogP contribution in [0.2, 0.25) is 0 Å². The van der Waals surface area contributed by atoms with Gasteiger partial charge >= 0.3 is 0 Å². The van der Waals surface area contributed by atoms with Crippen LogP contribution >= 0.6 is 0 Å². The second-order valence-electron chi connectivity index (χ2n) is 6.51. The van der Waals surface area contributed by atoms with Crippen molar-refractivity contribution < 1.29 is 18.0 Å². The standard InChI is InChI=1S/C18H21N5O4S/c1-12-6-5-7-14(10-12)19-18(24)13(2)27-23-17-11-15(28(25,26)22(3)4)8-9-16(17)20-21-23/h5-11,13H,1-4H3,(H,19,24)/t13-/m0/s1. The van der Waals surface area contributed by atoms with E-state index in [0.29, 0.717) is 16.7 Å². The largest absolute Gasteiger partial charge is 0.382 e. The molecule has 3 rings (SSSR count). The molecule has 0 spiro atoms. The summed E-state index contributed by atoms with van der Waals surface area (Å²) in [6.45, 7) is 3.50. The smallest absolute Gasteiger partial charge is 0.267 e. The third kappa shape index (κ3) is 3.97. The van der Waals surface area contributed by atoms with Gasteiger partial charge in [0.1, 0.15) is 11.0 Å². The van der Waals surface area contributed by atoms with Crippen molar-refractivity contribution in [2.75, 3.05) is 19.4 Å². The van der Waals surface area contributed by atoms with Crippen molar-refractivity contribution in [1.29, 1.82) is 0 Å². The number of carbonyl (C=O) groups excluding carboxylic acids is 1. The van der Waals surface area contributed by atoms with E-state index in [1.54, 1.807) is 13.0 Å². The highest BCUT2D eigenvalue weighted by atomic mass is 32.2. The first-order chi connectivity index (χ1) is 13.2. The Kier molecular flexibility index (Phi) is 5.34. The lowest BCUT2D eigenvalue weighted by Gasteiger charge is -2.15. The number of anilines is 1. The Morgan fingerprint density at radius 2 is 1.96 bits per heavy atom. The number of sulfonamides is 1. The molecule has 3 aromatic rings. The Balaban J connectivity index is 1.82. The fourth-order valence-electron chi connectivity index (χ4n) is 2.49. The molecule has 0 aliphatic carbocycles. The third-order valence-electron chi connectivity index (χ3n) is 4.08. The molecule has 28 heavy (non-hydrogen) atoms. The first kappa shape index (κ1) is 19.8. The van der Waals surface area contributed by atoms with Crippen LogP contribution in [0.15, 0.2) is 47.4 Å². The summed E-state index contributed by atoms with van der Waals surface area (Å²) in [5.41, 5.74) is 2.47. The molecule has 0 saturated heterocycles. The van der Waals surface area contributed by atoms with Crippen molar-refractivity contribution in [2.24, 2.45) is 0 Å². The molecule has 1 aromatic heterocycles. The van der Waals surface area contributed by atoms with Crippen LogP contribution in [0.25, 0.3) is 11.0 Å². The van der Waals surface area contributed by atoms with Gasteiger partial charge in [-0.15, -0.1) is 5.10 Å². The van der Waals surface area contributed by atoms with E-state index < -0.39 is 16.1 Å². The number of aryl methyl sites for hydroxylation is 1. The van der Waals surface area contributed by atoms with E-state index in [0.717, 1.165) is 14.7 Å². The lowest BCUT2D eigenvalue weighted by molar-refractivity contribution is -0.127. The minimum Gasteiger partial charge on any atom is -0.382 e. The van der Waals surface area contributed by atoms with E-state index in [1.807, 2.05) is 25.1 Å². The number of fused-ring (bicyclic) bond motifs is 1. The van der Waals surface area contributed by atoms with Gasteiger partial charge in [-0.25, -0.2) is 12.7 Å². The number of nitrogens with zero attached hydrogens (tertiary/aromatic N) is 4. The molecule has 1 N–H and O–H groups in total. The molecule has 0 unspecified atom stereocenters. The van der Waals surface area contributed by atoms with Gasteiger partial charge in [-0.1, -0.05) is 17.0 Å². The van der Waals surface area contributed by atoms with E-state index in [2.05, 4.69) is 15.6 Å². The van der Waals surface area contributed by atoms with Crippen molar-refractivity contribution in [2.45, 2.75) is 24.8 Å². The molecule has 0 saturated carbocycles. The molecule has 0 fully saturated rings. The Bertz CT molecular complexity index is 1120. The molecule has 1 atom stereocenters. The number of amides is 1. The second kappa shape index (κ2) is 7.56. The van der Waals surface area contributed by atoms with Crippen molar-refractivity contribution in [1.82, 2.24) is 19.5 Å². The van der Waals surface area contributed by atoms with Crippen molar-refractivity contribution in [3.8, 4) is 0 Å². The minimum absolute atomic E-state index is 0.0778. The summed E-state index contributed by atoms with van der Waals surface area (Å²) < 4.78 is 25.8. The SMILES string of the molecule is Cc1cccc(NC(=O)[C@H](C)On2nnc3ccc(S(=O)(=O)N(C)C)cc32)c1. The van der Waals surface area contributed by atoms with Crippen molar-refractivity contribution in [3.05, 3.63) is 48.0 Å². The quantitative estimate of drug-likeness (QED) is 0.668. The van der Waals surface area contributed by atoms with Crippen LogP contribution in [-0.4, -0.2) is 54.0 Å². The summed E-state index contributed by atoms with van der Waals surface area (Å²) in [4.78, 5) is 19.1. The maximum absolute atomic E-state index is 12.4. The Labute approximate surface area is 162 Å². The molecule has 1 amide bonds. The highest BCUT2D eigenvalue weighted by molar-refractivity contribution is 7.89. The summed E-state index contributed by atoms with van der Waals surface area (Å²) in [6.07, 6.45) is -0.889. The van der Waals surface area contributed by atoms with Crippen LogP contribution < -0.4 is 10.2 Å². The normalized spacial score (nSPS) is 12.9. The van der Waals surface area contributed by atoms with E-state index in [-0.39, 0.29) is 10.8 Å². The number of aromatic nitrogens is 3. The van der Waals surface area contributed by atoms with Gasteiger partial charge in [-0.3, -0.25) is 4.79 Å². The molecule has 0 bridgehead atoms. The van der Waals surface area contributed by atoms with Crippen LogP contribution in [0, 0.1) is 6.92 Å². The van der Waals surface area contributed by atoms with Crippen LogP contribution in [0.3, 0.4) is 0 Å². The Hall–Kier alpha value is -2.98. The zero-order valence-corrected chi connectivity index (χ0v) is 16.8. The van der Waals surface area contributed by atoms with Gasteiger partial charge in [0.2, 0.25) is 16.1 Å². The fraction of sp³-hybridized carbons (Fsp3) is 0.278. The van der Waals surface area contributed by atoms with Crippen LogP contribution in [-0.2, 0) is 14.8 Å². The summed E-state index contributed by atoms with van der Waals surface area (Å²) in [7, 11) is -0.728. The van der Waals surface area contributed by atoms with Gasteiger partial charge in [-0.2, -0.15) is 0 Å². The zero-order chi connectivity index (χ0) is 20.5. The van der Waals surface area contributed by atoms with E-state index >= 15 is 0 Å². The lowest BCUT2D eigenvalue weighted by Crippen LogP contribution is -2.35. The van der Waals surface area contributed by atoms with Crippen molar-refractivity contribution >= 4 is 32.7 Å². The first-order valence-electron chi connectivity index (χ1n) is 8.51. The zero-order valence-electron chi connectivity index (χ0n) is 15.9. The minimum atomic E-state index is -3.62. The lowest BCUT2D eigenvalue weighted by atomic mass is 10.2. The maximum atomic E-state index is 12.4. The molecular formula is C18H21N5O4S. The second-order valence-corrected chi connectivity index (χ2v) is 8.66. The summed E-state index contributed by atoms with van der Waals surface area (Å²) in [6, 6.07) is 11.8. The van der Waals surface area contributed by atoms with Gasteiger partial charge in [-0.05, 0) is 55.0 Å². The molecule has 10 heteroatoms. The third-order valence-corrected chi connectivity index (χ3v) is 5.89. The molecule has 9 nitrogen and oxygen atoms in total. The molecule has 2 aromatic carbocycles. The highest BCUT2D eigenvalue weighted by Crippen LogP contribution is 2.19. The van der Waals surface area contributed by atoms with Gasteiger partial charge in [0.25, 0.3) is 5.91 Å². The van der Waals surface area contributed by atoms with Crippen LogP contribution in [0.5, 0.6) is 0 Å². The number of nitrogens with one attached hydrogen (secondary N) is 1. The number of benzene rings is 2. The highest BCUT2D eigenvalue weighted by Gasteiger charge is 2.21. The van der Waals surface area contributed by atoms with Gasteiger partial charge in [0.05, 0.1) is 4.90 Å². The number of rotatable bonds is 6. The van der Waals surface area contributed by atoms with Crippen molar-refractivity contribution in [3.63, 3.8) is 0 Å². The summed E-state index contributed by atoms with van der Waals surface area (Å²) >= 11 is 0. The molecule has 0 radical (unpaired) electrons. The number of hydrogen-bond acceptors (Lipinski definition) is 6. The number of carbonyl (C=O) groups is 1. The van der Waals surface area contributed by atoms with Crippen LogP contribution in [0.4, 0.5) is 5.69 Å². The van der Waals surface area contributed by atoms with Gasteiger partial charge in [0, 0.05) is 19.8 Å². The summed E-state index contributed by atoms with van der Waals surface area (Å²) in [5.74, 6) is -0.369. The fourth-order valence-corrected chi connectivity index (χ4v) is 3.41. The average Bonchev–Trinajstić information content (AvgIpc) is 3.03. The monoisotopic (exact) mass is 403 g/mol. The van der Waals surface area contributed by atoms with Gasteiger partial charge < -0.3 is 10.2 Å². The predicted molar refractivity (Wildman–Crippen MR) is 104 cm³/mol. The maximum Gasteiger partial charge on any atom is 0.267 e.